The van der Waals surface area contributed by atoms with E-state index >= 15 is 0 Å². The molecule has 2 aromatic carbocycles. The largest absolute Gasteiger partial charge is 0.492 e. The van der Waals surface area contributed by atoms with Crippen molar-refractivity contribution in [1.29, 1.82) is 0 Å². The number of para-hydroxylation sites is 3. The molecule has 0 aliphatic heterocycles. The second kappa shape index (κ2) is 6.95. The van der Waals surface area contributed by atoms with E-state index in [2.05, 4.69) is 10.3 Å². The molecule has 0 saturated carbocycles. The first-order valence-electron chi connectivity index (χ1n) is 8.55. The number of amides is 1. The van der Waals surface area contributed by atoms with Gasteiger partial charge in [-0.15, -0.1) is 0 Å². The first-order chi connectivity index (χ1) is 13.2. The number of anilines is 1. The Kier molecular flexibility index (Phi) is 4.33. The summed E-state index contributed by atoms with van der Waals surface area (Å²) in [7, 11) is 0. The van der Waals surface area contributed by atoms with Crippen LogP contribution in [0.25, 0.3) is 22.1 Å². The van der Waals surface area contributed by atoms with Gasteiger partial charge in [-0.1, -0.05) is 24.3 Å². The molecule has 4 rings (SSSR count). The van der Waals surface area contributed by atoms with Gasteiger partial charge in [0, 0.05) is 5.39 Å². The molecule has 7 heteroatoms. The highest BCUT2D eigenvalue weighted by atomic mass is 16.5. The van der Waals surface area contributed by atoms with E-state index in [1.54, 1.807) is 24.3 Å². The van der Waals surface area contributed by atoms with Crippen LogP contribution in [0.2, 0.25) is 0 Å². The Morgan fingerprint density at radius 2 is 1.96 bits per heavy atom. The standard InChI is InChI=1S/C20H17N3O4/c1-2-26-16-10-6-4-8-14(16)22-17(24)11-23-12-21-18-13-7-3-5-9-15(13)27-19(18)20(23)25/h3-10,12H,2,11H2,1H3,(H,22,24). The monoisotopic (exact) mass is 363 g/mol. The highest BCUT2D eigenvalue weighted by molar-refractivity contribution is 6.01. The van der Waals surface area contributed by atoms with Gasteiger partial charge in [0.25, 0.3) is 5.56 Å². The molecule has 0 bridgehead atoms. The fourth-order valence-corrected chi connectivity index (χ4v) is 2.92. The highest BCUT2D eigenvalue weighted by Crippen LogP contribution is 2.25. The molecule has 1 N–H and O–H groups in total. The normalized spacial score (nSPS) is 11.0. The minimum Gasteiger partial charge on any atom is -0.492 e. The number of ether oxygens (including phenoxy) is 1. The second-order valence-electron chi connectivity index (χ2n) is 5.93. The summed E-state index contributed by atoms with van der Waals surface area (Å²) < 4.78 is 12.3. The van der Waals surface area contributed by atoms with Gasteiger partial charge in [0.2, 0.25) is 11.5 Å². The maximum absolute atomic E-state index is 12.7. The fourth-order valence-electron chi connectivity index (χ4n) is 2.92. The van der Waals surface area contributed by atoms with Crippen LogP contribution in [0.1, 0.15) is 6.92 Å². The van der Waals surface area contributed by atoms with Crippen molar-refractivity contribution in [2.24, 2.45) is 0 Å². The van der Waals surface area contributed by atoms with Crippen molar-refractivity contribution < 1.29 is 13.9 Å². The zero-order valence-electron chi connectivity index (χ0n) is 14.6. The average Bonchev–Trinajstić information content (AvgIpc) is 3.05. The lowest BCUT2D eigenvalue weighted by Crippen LogP contribution is -2.27. The van der Waals surface area contributed by atoms with E-state index in [9.17, 15) is 9.59 Å². The summed E-state index contributed by atoms with van der Waals surface area (Å²) in [5.41, 5.74) is 1.37. The maximum Gasteiger partial charge on any atom is 0.297 e. The topological polar surface area (TPSA) is 86.4 Å². The van der Waals surface area contributed by atoms with Crippen molar-refractivity contribution in [2.75, 3.05) is 11.9 Å². The van der Waals surface area contributed by atoms with Gasteiger partial charge < -0.3 is 14.5 Å². The lowest BCUT2D eigenvalue weighted by molar-refractivity contribution is -0.116. The summed E-state index contributed by atoms with van der Waals surface area (Å²) in [4.78, 5) is 29.4. The molecular weight excluding hydrogens is 346 g/mol. The number of rotatable bonds is 5. The first kappa shape index (κ1) is 16.8. The Hall–Kier alpha value is -3.61. The number of carbonyl (C=O) groups excluding carboxylic acids is 1. The van der Waals surface area contributed by atoms with E-state index in [1.807, 2.05) is 31.2 Å². The zero-order chi connectivity index (χ0) is 18.8. The lowest BCUT2D eigenvalue weighted by atomic mass is 10.2. The Morgan fingerprint density at radius 1 is 1.19 bits per heavy atom. The van der Waals surface area contributed by atoms with E-state index in [1.165, 1.54) is 10.9 Å². The Balaban J connectivity index is 1.62. The number of nitrogens with zero attached hydrogens (tertiary/aromatic N) is 2. The van der Waals surface area contributed by atoms with Crippen molar-refractivity contribution >= 4 is 33.7 Å². The third kappa shape index (κ3) is 3.15. The molecule has 27 heavy (non-hydrogen) atoms. The molecule has 0 aliphatic rings. The number of hydrogen-bond acceptors (Lipinski definition) is 5. The van der Waals surface area contributed by atoms with Crippen molar-refractivity contribution in [3.8, 4) is 5.75 Å². The molecule has 4 aromatic rings. The van der Waals surface area contributed by atoms with Crippen molar-refractivity contribution in [2.45, 2.75) is 13.5 Å². The average molecular weight is 363 g/mol. The van der Waals surface area contributed by atoms with Gasteiger partial charge in [0.1, 0.15) is 23.4 Å². The van der Waals surface area contributed by atoms with Gasteiger partial charge in [0.15, 0.2) is 0 Å². The van der Waals surface area contributed by atoms with Crippen molar-refractivity contribution in [1.82, 2.24) is 9.55 Å². The van der Waals surface area contributed by atoms with Crippen LogP contribution in [-0.4, -0.2) is 22.1 Å². The zero-order valence-corrected chi connectivity index (χ0v) is 14.6. The number of benzene rings is 2. The molecule has 0 fully saturated rings. The first-order valence-corrected chi connectivity index (χ1v) is 8.55. The van der Waals surface area contributed by atoms with Gasteiger partial charge in [-0.25, -0.2) is 4.98 Å². The van der Waals surface area contributed by atoms with Crippen LogP contribution < -0.4 is 15.6 Å². The smallest absolute Gasteiger partial charge is 0.297 e. The molecule has 2 aromatic heterocycles. The number of aromatic nitrogens is 2. The molecule has 0 aliphatic carbocycles. The summed E-state index contributed by atoms with van der Waals surface area (Å²) in [6.45, 7) is 2.17. The Labute approximate surface area is 154 Å². The fraction of sp³-hybridized carbons (Fsp3) is 0.150. The molecule has 136 valence electrons. The number of fused-ring (bicyclic) bond motifs is 3. The number of hydrogen-bond donors (Lipinski definition) is 1. The molecule has 0 radical (unpaired) electrons. The molecule has 0 unspecified atom stereocenters. The second-order valence-corrected chi connectivity index (χ2v) is 5.93. The van der Waals surface area contributed by atoms with Gasteiger partial charge in [-0.2, -0.15) is 0 Å². The maximum atomic E-state index is 12.7. The predicted molar refractivity (Wildman–Crippen MR) is 102 cm³/mol. The van der Waals surface area contributed by atoms with Crippen LogP contribution >= 0.6 is 0 Å². The minimum absolute atomic E-state index is 0.140. The number of carbonyl (C=O) groups is 1. The van der Waals surface area contributed by atoms with E-state index in [-0.39, 0.29) is 18.0 Å². The van der Waals surface area contributed by atoms with Crippen molar-refractivity contribution in [3.63, 3.8) is 0 Å². The molecule has 0 saturated heterocycles. The number of furan rings is 1. The van der Waals surface area contributed by atoms with Crippen LogP contribution in [-0.2, 0) is 11.3 Å². The summed E-state index contributed by atoms with van der Waals surface area (Å²) in [6.07, 6.45) is 1.36. The highest BCUT2D eigenvalue weighted by Gasteiger charge is 2.15. The van der Waals surface area contributed by atoms with Gasteiger partial charge >= 0.3 is 0 Å². The van der Waals surface area contributed by atoms with Gasteiger partial charge in [-0.3, -0.25) is 14.2 Å². The van der Waals surface area contributed by atoms with Crippen LogP contribution in [0.3, 0.4) is 0 Å². The lowest BCUT2D eigenvalue weighted by Gasteiger charge is -2.11. The third-order valence-corrected chi connectivity index (χ3v) is 4.13. The van der Waals surface area contributed by atoms with Gasteiger partial charge in [-0.05, 0) is 31.2 Å². The molecule has 0 spiro atoms. The summed E-state index contributed by atoms with van der Waals surface area (Å²) in [6, 6.07) is 14.4. The summed E-state index contributed by atoms with van der Waals surface area (Å²) in [5, 5.41) is 3.53. The molecule has 1 amide bonds. The van der Waals surface area contributed by atoms with Crippen LogP contribution in [0, 0.1) is 0 Å². The Bertz CT molecular complexity index is 1190. The molecule has 0 atom stereocenters. The van der Waals surface area contributed by atoms with Crippen LogP contribution in [0.15, 0.2) is 64.1 Å². The van der Waals surface area contributed by atoms with Crippen molar-refractivity contribution in [3.05, 3.63) is 65.2 Å². The van der Waals surface area contributed by atoms with E-state index in [0.717, 1.165) is 5.39 Å². The predicted octanol–water partition coefficient (Wildman–Crippen LogP) is 3.18. The summed E-state index contributed by atoms with van der Waals surface area (Å²) >= 11 is 0. The van der Waals surface area contributed by atoms with Crippen LogP contribution in [0.4, 0.5) is 5.69 Å². The Morgan fingerprint density at radius 3 is 2.81 bits per heavy atom. The molecule has 2 heterocycles. The number of nitrogens with one attached hydrogen (secondary N) is 1. The van der Waals surface area contributed by atoms with E-state index in [4.69, 9.17) is 9.15 Å². The SMILES string of the molecule is CCOc1ccccc1NC(=O)Cn1cnc2c(oc3ccccc32)c1=O. The quantitative estimate of drug-likeness (QED) is 0.588. The minimum atomic E-state index is -0.399. The molecular formula is C20H17N3O4. The van der Waals surface area contributed by atoms with Gasteiger partial charge in [0.05, 0.1) is 18.6 Å². The van der Waals surface area contributed by atoms with E-state index < -0.39 is 5.56 Å². The third-order valence-electron chi connectivity index (χ3n) is 4.13. The van der Waals surface area contributed by atoms with E-state index in [0.29, 0.717) is 29.1 Å². The molecule has 7 nitrogen and oxygen atoms in total. The summed E-state index contributed by atoms with van der Waals surface area (Å²) in [5.74, 6) is 0.216. The van der Waals surface area contributed by atoms with Crippen LogP contribution in [0.5, 0.6) is 5.75 Å².